The van der Waals surface area contributed by atoms with Gasteiger partial charge in [0.2, 0.25) is 0 Å². The Balaban J connectivity index is 0.00000312. The fraction of sp³-hybridized carbons (Fsp3) is 0.333. The number of hydrogen-bond acceptors (Lipinski definition) is 3. The van der Waals surface area contributed by atoms with E-state index in [1.807, 2.05) is 6.92 Å². The number of amides is 1. The van der Waals surface area contributed by atoms with Crippen LogP contribution in [0.3, 0.4) is 0 Å². The van der Waals surface area contributed by atoms with E-state index in [2.05, 4.69) is 52.1 Å². The van der Waals surface area contributed by atoms with Gasteiger partial charge >= 0.3 is 0 Å². The molecule has 7 heteroatoms. The van der Waals surface area contributed by atoms with Crippen LogP contribution < -0.4 is 16.0 Å². The third-order valence-electron chi connectivity index (χ3n) is 3.33. The molecule has 0 radical (unpaired) electrons. The summed E-state index contributed by atoms with van der Waals surface area (Å²) >= 11 is 0. The van der Waals surface area contributed by atoms with Crippen molar-refractivity contribution in [2.24, 2.45) is 4.99 Å². The van der Waals surface area contributed by atoms with Crippen LogP contribution in [0.2, 0.25) is 0 Å². The van der Waals surface area contributed by atoms with Crippen LogP contribution in [-0.4, -0.2) is 31.5 Å². The second kappa shape index (κ2) is 11.5. The molecule has 0 aliphatic rings. The van der Waals surface area contributed by atoms with Crippen molar-refractivity contribution >= 4 is 35.8 Å². The third-order valence-corrected chi connectivity index (χ3v) is 3.33. The molecule has 3 N–H and O–H groups in total. The maximum absolute atomic E-state index is 11.7. The van der Waals surface area contributed by atoms with E-state index >= 15 is 0 Å². The number of carbonyl (C=O) groups is 1. The molecule has 1 aromatic heterocycles. The largest absolute Gasteiger partial charge is 0.459 e. The van der Waals surface area contributed by atoms with Gasteiger partial charge in [0.25, 0.3) is 5.91 Å². The van der Waals surface area contributed by atoms with Gasteiger partial charge in [0.15, 0.2) is 11.7 Å². The van der Waals surface area contributed by atoms with Crippen molar-refractivity contribution in [2.75, 3.05) is 19.6 Å². The monoisotopic (exact) mass is 456 g/mol. The van der Waals surface area contributed by atoms with Crippen LogP contribution in [0.4, 0.5) is 0 Å². The maximum Gasteiger partial charge on any atom is 0.287 e. The first-order valence-electron chi connectivity index (χ1n) is 8.08. The van der Waals surface area contributed by atoms with Crippen molar-refractivity contribution in [1.29, 1.82) is 0 Å². The number of nitrogens with zero attached hydrogens (tertiary/aromatic N) is 1. The SMILES string of the molecule is CCNC(=NCc1ccc(C)cc1)NCCNC(=O)c1ccco1.I. The Morgan fingerprint density at radius 3 is 2.44 bits per heavy atom. The predicted octanol–water partition coefficient (Wildman–Crippen LogP) is 2.69. The fourth-order valence-electron chi connectivity index (χ4n) is 2.06. The molecule has 1 amide bonds. The number of aryl methyl sites for hydroxylation is 1. The summed E-state index contributed by atoms with van der Waals surface area (Å²) in [5, 5.41) is 9.17. The van der Waals surface area contributed by atoms with Crippen LogP contribution in [0.1, 0.15) is 28.6 Å². The van der Waals surface area contributed by atoms with E-state index in [0.29, 0.717) is 25.4 Å². The lowest BCUT2D eigenvalue weighted by atomic mass is 10.1. The molecule has 0 fully saturated rings. The molecule has 1 aromatic carbocycles. The number of aliphatic imine (C=N–C) groups is 1. The smallest absolute Gasteiger partial charge is 0.287 e. The highest BCUT2D eigenvalue weighted by molar-refractivity contribution is 14.0. The van der Waals surface area contributed by atoms with Gasteiger partial charge in [-0.15, -0.1) is 24.0 Å². The second-order valence-corrected chi connectivity index (χ2v) is 5.34. The molecule has 25 heavy (non-hydrogen) atoms. The predicted molar refractivity (Wildman–Crippen MR) is 110 cm³/mol. The molecule has 2 aromatic rings. The van der Waals surface area contributed by atoms with E-state index < -0.39 is 0 Å². The van der Waals surface area contributed by atoms with E-state index in [9.17, 15) is 4.79 Å². The summed E-state index contributed by atoms with van der Waals surface area (Å²) in [6.45, 7) is 6.52. The highest BCUT2D eigenvalue weighted by atomic mass is 127. The number of guanidine groups is 1. The topological polar surface area (TPSA) is 78.7 Å². The summed E-state index contributed by atoms with van der Waals surface area (Å²) in [5.74, 6) is 0.823. The van der Waals surface area contributed by atoms with Crippen LogP contribution in [0.5, 0.6) is 0 Å². The van der Waals surface area contributed by atoms with Crippen molar-refractivity contribution in [3.05, 3.63) is 59.5 Å². The summed E-state index contributed by atoms with van der Waals surface area (Å²) in [6, 6.07) is 11.6. The average Bonchev–Trinajstić information content (AvgIpc) is 3.12. The van der Waals surface area contributed by atoms with Gasteiger partial charge < -0.3 is 20.4 Å². The van der Waals surface area contributed by atoms with Gasteiger partial charge in [-0.25, -0.2) is 4.99 Å². The Kier molecular flexibility index (Phi) is 9.68. The third kappa shape index (κ3) is 7.59. The van der Waals surface area contributed by atoms with Gasteiger partial charge in [0, 0.05) is 19.6 Å². The summed E-state index contributed by atoms with van der Waals surface area (Å²) < 4.78 is 5.04. The number of nitrogens with one attached hydrogen (secondary N) is 3. The molecule has 0 aliphatic carbocycles. The molecule has 0 unspecified atom stereocenters. The number of rotatable bonds is 7. The van der Waals surface area contributed by atoms with Crippen LogP contribution in [-0.2, 0) is 6.54 Å². The number of furan rings is 1. The van der Waals surface area contributed by atoms with Crippen LogP contribution in [0.25, 0.3) is 0 Å². The van der Waals surface area contributed by atoms with Gasteiger partial charge in [-0.05, 0) is 31.5 Å². The minimum Gasteiger partial charge on any atom is -0.459 e. The molecule has 1 heterocycles. The minimum atomic E-state index is -0.219. The fourth-order valence-corrected chi connectivity index (χ4v) is 2.06. The quantitative estimate of drug-likeness (QED) is 0.259. The average molecular weight is 456 g/mol. The van der Waals surface area contributed by atoms with Crippen LogP contribution in [0, 0.1) is 6.92 Å². The number of hydrogen-bond donors (Lipinski definition) is 3. The van der Waals surface area contributed by atoms with E-state index in [4.69, 9.17) is 4.42 Å². The molecule has 0 bridgehead atoms. The molecular weight excluding hydrogens is 431 g/mol. The van der Waals surface area contributed by atoms with Gasteiger partial charge in [0.1, 0.15) is 0 Å². The van der Waals surface area contributed by atoms with Gasteiger partial charge in [-0.1, -0.05) is 29.8 Å². The lowest BCUT2D eigenvalue weighted by Crippen LogP contribution is -2.41. The first-order valence-corrected chi connectivity index (χ1v) is 8.08. The summed E-state index contributed by atoms with van der Waals surface area (Å²) in [5.41, 5.74) is 2.39. The van der Waals surface area contributed by atoms with E-state index in [-0.39, 0.29) is 29.9 Å². The Morgan fingerprint density at radius 1 is 1.08 bits per heavy atom. The van der Waals surface area contributed by atoms with Crippen LogP contribution >= 0.6 is 24.0 Å². The Labute approximate surface area is 165 Å². The Bertz CT molecular complexity index is 654. The second-order valence-electron chi connectivity index (χ2n) is 5.34. The summed E-state index contributed by atoms with van der Waals surface area (Å²) in [7, 11) is 0. The normalized spacial score (nSPS) is 10.7. The number of carbonyl (C=O) groups excluding carboxylic acids is 1. The zero-order valence-electron chi connectivity index (χ0n) is 14.5. The molecule has 0 spiro atoms. The van der Waals surface area contributed by atoms with Gasteiger partial charge in [0.05, 0.1) is 12.8 Å². The molecule has 0 aliphatic heterocycles. The molecule has 2 rings (SSSR count). The molecule has 6 nitrogen and oxygen atoms in total. The number of halogens is 1. The molecule has 0 saturated heterocycles. The van der Waals surface area contributed by atoms with E-state index in [0.717, 1.165) is 18.1 Å². The van der Waals surface area contributed by atoms with Gasteiger partial charge in [-0.2, -0.15) is 0 Å². The van der Waals surface area contributed by atoms with Crippen molar-refractivity contribution in [3.8, 4) is 0 Å². The first-order chi connectivity index (χ1) is 11.7. The lowest BCUT2D eigenvalue weighted by Gasteiger charge is -2.11. The zero-order valence-corrected chi connectivity index (χ0v) is 16.9. The van der Waals surface area contributed by atoms with Crippen LogP contribution in [0.15, 0.2) is 52.1 Å². The summed E-state index contributed by atoms with van der Waals surface area (Å²) in [6.07, 6.45) is 1.48. The molecule has 136 valence electrons. The van der Waals surface area contributed by atoms with E-state index in [1.54, 1.807) is 12.1 Å². The highest BCUT2D eigenvalue weighted by Gasteiger charge is 2.06. The first kappa shape index (κ1) is 21.0. The Morgan fingerprint density at radius 2 is 1.80 bits per heavy atom. The van der Waals surface area contributed by atoms with Crippen molar-refractivity contribution in [3.63, 3.8) is 0 Å². The maximum atomic E-state index is 11.7. The molecule has 0 atom stereocenters. The van der Waals surface area contributed by atoms with Crippen molar-refractivity contribution in [1.82, 2.24) is 16.0 Å². The summed E-state index contributed by atoms with van der Waals surface area (Å²) in [4.78, 5) is 16.3. The van der Waals surface area contributed by atoms with E-state index in [1.165, 1.54) is 11.8 Å². The highest BCUT2D eigenvalue weighted by Crippen LogP contribution is 2.04. The molecular formula is C18H25IN4O2. The van der Waals surface area contributed by atoms with Crippen molar-refractivity contribution in [2.45, 2.75) is 20.4 Å². The number of benzene rings is 1. The molecule has 0 saturated carbocycles. The van der Waals surface area contributed by atoms with Gasteiger partial charge in [-0.3, -0.25) is 4.79 Å². The zero-order chi connectivity index (χ0) is 17.2. The minimum absolute atomic E-state index is 0. The Hall–Kier alpha value is -2.03. The lowest BCUT2D eigenvalue weighted by molar-refractivity contribution is 0.0926. The standard InChI is InChI=1S/C18H24N4O2.HI/c1-3-19-18(22-13-15-8-6-14(2)7-9-15)21-11-10-20-17(23)16-5-4-12-24-16;/h4-9,12H,3,10-11,13H2,1-2H3,(H,20,23)(H2,19,21,22);1H. The van der Waals surface area contributed by atoms with Crippen molar-refractivity contribution < 1.29 is 9.21 Å².